The molecule has 0 saturated carbocycles. The first kappa shape index (κ1) is 13.9. The van der Waals surface area contributed by atoms with Crippen LogP contribution in [0.25, 0.3) is 0 Å². The van der Waals surface area contributed by atoms with Gasteiger partial charge in [0.2, 0.25) is 0 Å². The molecule has 0 aliphatic rings. The lowest BCUT2D eigenvalue weighted by atomic mass is 10.0. The molecule has 1 unspecified atom stereocenters. The molecule has 0 aliphatic heterocycles. The quantitative estimate of drug-likeness (QED) is 0.859. The normalized spacial score (nSPS) is 12.6. The predicted molar refractivity (Wildman–Crippen MR) is 81.2 cm³/mol. The molecule has 102 valence electrons. The van der Waals surface area contributed by atoms with Gasteiger partial charge in [-0.05, 0) is 37.5 Å². The minimum Gasteiger partial charge on any atom is -0.352 e. The average molecular weight is 256 g/mol. The summed E-state index contributed by atoms with van der Waals surface area (Å²) in [6, 6.07) is 13.4. The maximum atomic E-state index is 3.67. The zero-order valence-corrected chi connectivity index (χ0v) is 12.4. The lowest BCUT2D eigenvalue weighted by Crippen LogP contribution is -2.20. The number of hydrogen-bond acceptors (Lipinski definition) is 1. The smallest absolute Gasteiger partial charge is 0.0320 e. The van der Waals surface area contributed by atoms with E-state index in [4.69, 9.17) is 0 Å². The van der Waals surface area contributed by atoms with Crippen molar-refractivity contribution in [1.29, 1.82) is 0 Å². The standard InChI is InChI=1S/C17H24N2/c1-5-17(15-9-7-6-8-10-15)18-12-16-11-13(2)19(4)14(16)3/h6-11,17-18H,5,12H2,1-4H3. The van der Waals surface area contributed by atoms with E-state index in [-0.39, 0.29) is 0 Å². The molecule has 1 aromatic heterocycles. The minimum absolute atomic E-state index is 0.432. The summed E-state index contributed by atoms with van der Waals surface area (Å²) in [5.74, 6) is 0. The van der Waals surface area contributed by atoms with Crippen molar-refractivity contribution in [3.05, 3.63) is 58.9 Å². The first-order valence-corrected chi connectivity index (χ1v) is 7.03. The monoisotopic (exact) mass is 256 g/mol. The van der Waals surface area contributed by atoms with Gasteiger partial charge >= 0.3 is 0 Å². The summed E-state index contributed by atoms with van der Waals surface area (Å²) in [5, 5.41) is 3.67. The van der Waals surface area contributed by atoms with E-state index < -0.39 is 0 Å². The van der Waals surface area contributed by atoms with Crippen LogP contribution in [-0.2, 0) is 13.6 Å². The zero-order chi connectivity index (χ0) is 13.8. The third-order valence-electron chi connectivity index (χ3n) is 4.03. The fraction of sp³-hybridized carbons (Fsp3) is 0.412. The van der Waals surface area contributed by atoms with Crippen molar-refractivity contribution in [2.75, 3.05) is 0 Å². The summed E-state index contributed by atoms with van der Waals surface area (Å²) >= 11 is 0. The Bertz CT molecular complexity index is 526. The molecule has 0 saturated heterocycles. The van der Waals surface area contributed by atoms with E-state index in [1.165, 1.54) is 22.5 Å². The zero-order valence-electron chi connectivity index (χ0n) is 12.4. The summed E-state index contributed by atoms with van der Waals surface area (Å²) in [6.07, 6.45) is 1.11. The van der Waals surface area contributed by atoms with Crippen molar-refractivity contribution in [3.63, 3.8) is 0 Å². The van der Waals surface area contributed by atoms with Crippen LogP contribution in [0, 0.1) is 13.8 Å². The van der Waals surface area contributed by atoms with Crippen LogP contribution in [0.3, 0.4) is 0 Å². The van der Waals surface area contributed by atoms with Crippen LogP contribution in [-0.4, -0.2) is 4.57 Å². The Kier molecular flexibility index (Phi) is 4.43. The van der Waals surface area contributed by atoms with Gasteiger partial charge in [-0.25, -0.2) is 0 Å². The Morgan fingerprint density at radius 1 is 1.16 bits per heavy atom. The second-order valence-electron chi connectivity index (χ2n) is 5.21. The van der Waals surface area contributed by atoms with Gasteiger partial charge in [-0.15, -0.1) is 0 Å². The first-order valence-electron chi connectivity index (χ1n) is 7.03. The predicted octanol–water partition coefficient (Wildman–Crippen LogP) is 3.88. The van der Waals surface area contributed by atoms with Crippen molar-refractivity contribution in [1.82, 2.24) is 9.88 Å². The molecule has 2 rings (SSSR count). The molecular formula is C17H24N2. The molecule has 0 aliphatic carbocycles. The largest absolute Gasteiger partial charge is 0.352 e. The molecule has 0 amide bonds. The molecule has 0 bridgehead atoms. The summed E-state index contributed by atoms with van der Waals surface area (Å²) in [6.45, 7) is 7.51. The topological polar surface area (TPSA) is 17.0 Å². The van der Waals surface area contributed by atoms with Gasteiger partial charge in [-0.3, -0.25) is 0 Å². The Morgan fingerprint density at radius 3 is 2.37 bits per heavy atom. The van der Waals surface area contributed by atoms with Gasteiger partial charge in [0.1, 0.15) is 0 Å². The molecule has 0 spiro atoms. The van der Waals surface area contributed by atoms with Crippen molar-refractivity contribution in [2.24, 2.45) is 7.05 Å². The Morgan fingerprint density at radius 2 is 1.84 bits per heavy atom. The average Bonchev–Trinajstić information content (AvgIpc) is 2.68. The van der Waals surface area contributed by atoms with Crippen molar-refractivity contribution in [2.45, 2.75) is 39.8 Å². The molecular weight excluding hydrogens is 232 g/mol. The van der Waals surface area contributed by atoms with Gasteiger partial charge < -0.3 is 9.88 Å². The number of aromatic nitrogens is 1. The number of rotatable bonds is 5. The van der Waals surface area contributed by atoms with E-state index in [1.807, 2.05) is 0 Å². The van der Waals surface area contributed by atoms with E-state index in [0.717, 1.165) is 13.0 Å². The number of aryl methyl sites for hydroxylation is 1. The Balaban J connectivity index is 2.06. The summed E-state index contributed by atoms with van der Waals surface area (Å²) in [5.41, 5.74) is 5.44. The van der Waals surface area contributed by atoms with Crippen LogP contribution < -0.4 is 5.32 Å². The molecule has 1 N–H and O–H groups in total. The second-order valence-corrected chi connectivity index (χ2v) is 5.21. The van der Waals surface area contributed by atoms with E-state index >= 15 is 0 Å². The lowest BCUT2D eigenvalue weighted by molar-refractivity contribution is 0.518. The van der Waals surface area contributed by atoms with E-state index in [1.54, 1.807) is 0 Å². The van der Waals surface area contributed by atoms with Gasteiger partial charge in [0.05, 0.1) is 0 Å². The molecule has 1 heterocycles. The summed E-state index contributed by atoms with van der Waals surface area (Å²) in [4.78, 5) is 0. The van der Waals surface area contributed by atoms with Gasteiger partial charge in [-0.2, -0.15) is 0 Å². The van der Waals surface area contributed by atoms with Crippen LogP contribution >= 0.6 is 0 Å². The highest BCUT2D eigenvalue weighted by molar-refractivity contribution is 5.26. The van der Waals surface area contributed by atoms with Crippen LogP contribution in [0.2, 0.25) is 0 Å². The molecule has 0 radical (unpaired) electrons. The molecule has 2 heteroatoms. The SMILES string of the molecule is CCC(NCc1cc(C)n(C)c1C)c1ccccc1. The van der Waals surface area contributed by atoms with Crippen LogP contribution in [0.5, 0.6) is 0 Å². The van der Waals surface area contributed by atoms with Crippen LogP contribution in [0.4, 0.5) is 0 Å². The molecule has 1 aromatic carbocycles. The molecule has 0 fully saturated rings. The second kappa shape index (κ2) is 6.07. The third-order valence-corrected chi connectivity index (χ3v) is 4.03. The van der Waals surface area contributed by atoms with Gasteiger partial charge in [0, 0.05) is 31.0 Å². The lowest BCUT2D eigenvalue weighted by Gasteiger charge is -2.17. The Hall–Kier alpha value is -1.54. The first-order chi connectivity index (χ1) is 9.13. The summed E-state index contributed by atoms with van der Waals surface area (Å²) in [7, 11) is 2.13. The highest BCUT2D eigenvalue weighted by Gasteiger charge is 2.10. The van der Waals surface area contributed by atoms with E-state index in [0.29, 0.717) is 6.04 Å². The van der Waals surface area contributed by atoms with Crippen LogP contribution in [0.15, 0.2) is 36.4 Å². The van der Waals surface area contributed by atoms with E-state index in [2.05, 4.69) is 74.1 Å². The number of nitrogens with zero attached hydrogens (tertiary/aromatic N) is 1. The maximum absolute atomic E-state index is 3.67. The molecule has 19 heavy (non-hydrogen) atoms. The number of nitrogens with one attached hydrogen (secondary N) is 1. The fourth-order valence-electron chi connectivity index (χ4n) is 2.53. The highest BCUT2D eigenvalue weighted by atomic mass is 15.0. The fourth-order valence-corrected chi connectivity index (χ4v) is 2.53. The molecule has 2 aromatic rings. The molecule has 1 atom stereocenters. The molecule has 2 nitrogen and oxygen atoms in total. The highest BCUT2D eigenvalue weighted by Crippen LogP contribution is 2.18. The van der Waals surface area contributed by atoms with E-state index in [9.17, 15) is 0 Å². The Labute approximate surface area is 116 Å². The van der Waals surface area contributed by atoms with Crippen molar-refractivity contribution in [3.8, 4) is 0 Å². The van der Waals surface area contributed by atoms with Gasteiger partial charge in [0.15, 0.2) is 0 Å². The number of hydrogen-bond donors (Lipinski definition) is 1. The van der Waals surface area contributed by atoms with Crippen molar-refractivity contribution >= 4 is 0 Å². The third kappa shape index (κ3) is 3.07. The van der Waals surface area contributed by atoms with Gasteiger partial charge in [0.25, 0.3) is 0 Å². The van der Waals surface area contributed by atoms with Crippen LogP contribution in [0.1, 0.15) is 41.9 Å². The number of benzene rings is 1. The minimum atomic E-state index is 0.432. The maximum Gasteiger partial charge on any atom is 0.0320 e. The van der Waals surface area contributed by atoms with Crippen molar-refractivity contribution < 1.29 is 0 Å². The summed E-state index contributed by atoms with van der Waals surface area (Å²) < 4.78 is 2.25. The van der Waals surface area contributed by atoms with Gasteiger partial charge in [-0.1, -0.05) is 37.3 Å².